The highest BCUT2D eigenvalue weighted by atomic mass is 15.3. The van der Waals surface area contributed by atoms with Crippen LogP contribution in [0.2, 0.25) is 0 Å². The molecule has 0 aromatic rings. The first kappa shape index (κ1) is 15.0. The Hall–Kier alpha value is -0.0800. The maximum absolute atomic E-state index is 3.77. The van der Waals surface area contributed by atoms with Crippen molar-refractivity contribution in [3.05, 3.63) is 0 Å². The summed E-state index contributed by atoms with van der Waals surface area (Å²) < 4.78 is 0. The van der Waals surface area contributed by atoms with Gasteiger partial charge in [0.15, 0.2) is 0 Å². The highest BCUT2D eigenvalue weighted by molar-refractivity contribution is 4.98. The van der Waals surface area contributed by atoms with E-state index in [0.29, 0.717) is 17.0 Å². The number of nitrogens with one attached hydrogen (secondary N) is 1. The van der Waals surface area contributed by atoms with Gasteiger partial charge in [0.05, 0.1) is 0 Å². The Morgan fingerprint density at radius 1 is 1.29 bits per heavy atom. The number of unbranched alkanes of at least 4 members (excludes halogenated alkanes) is 1. The Kier molecular flexibility index (Phi) is 5.03. The van der Waals surface area contributed by atoms with E-state index in [4.69, 9.17) is 0 Å². The predicted molar refractivity (Wildman–Crippen MR) is 76.4 cm³/mol. The second-order valence-corrected chi connectivity index (χ2v) is 7.00. The lowest BCUT2D eigenvalue weighted by Crippen LogP contribution is -2.65. The monoisotopic (exact) mass is 240 g/mol. The van der Waals surface area contributed by atoms with Gasteiger partial charge in [-0.05, 0) is 31.7 Å². The molecule has 1 aliphatic rings. The first-order chi connectivity index (χ1) is 7.82. The van der Waals surface area contributed by atoms with Crippen molar-refractivity contribution >= 4 is 0 Å². The van der Waals surface area contributed by atoms with Gasteiger partial charge in [0.2, 0.25) is 0 Å². The second-order valence-electron chi connectivity index (χ2n) is 7.00. The molecule has 1 saturated heterocycles. The van der Waals surface area contributed by atoms with Gasteiger partial charge >= 0.3 is 0 Å². The smallest absolute Gasteiger partial charge is 0.0278 e. The second kappa shape index (κ2) is 5.71. The Balaban J connectivity index is 2.72. The lowest BCUT2D eigenvalue weighted by molar-refractivity contribution is 0.0255. The minimum absolute atomic E-state index is 0.315. The third kappa shape index (κ3) is 3.96. The molecule has 0 spiro atoms. The zero-order valence-electron chi connectivity index (χ0n) is 12.8. The summed E-state index contributed by atoms with van der Waals surface area (Å²) in [5, 5.41) is 3.77. The molecular formula is C15H32N2. The van der Waals surface area contributed by atoms with E-state index >= 15 is 0 Å². The molecule has 17 heavy (non-hydrogen) atoms. The summed E-state index contributed by atoms with van der Waals surface area (Å²) in [7, 11) is 0. The number of rotatable bonds is 4. The van der Waals surface area contributed by atoms with Crippen LogP contribution in [-0.4, -0.2) is 36.1 Å². The summed E-state index contributed by atoms with van der Waals surface area (Å²) in [5.74, 6) is 0. The van der Waals surface area contributed by atoms with Crippen LogP contribution in [0, 0.1) is 5.41 Å². The van der Waals surface area contributed by atoms with E-state index in [1.165, 1.54) is 32.4 Å². The van der Waals surface area contributed by atoms with Crippen LogP contribution < -0.4 is 5.32 Å². The van der Waals surface area contributed by atoms with Crippen LogP contribution in [-0.2, 0) is 0 Å². The largest absolute Gasteiger partial charge is 0.309 e. The molecule has 1 fully saturated rings. The van der Waals surface area contributed by atoms with Crippen molar-refractivity contribution in [2.45, 2.75) is 72.4 Å². The molecule has 102 valence electrons. The zero-order chi connectivity index (χ0) is 13.1. The van der Waals surface area contributed by atoms with E-state index in [1.807, 2.05) is 0 Å². The summed E-state index contributed by atoms with van der Waals surface area (Å²) in [6.45, 7) is 17.6. The SMILES string of the molecule is CCCCN1CC(C)(CC)NCC1C(C)(C)C. The fourth-order valence-electron chi connectivity index (χ4n) is 2.77. The Labute approximate surface area is 108 Å². The van der Waals surface area contributed by atoms with Crippen molar-refractivity contribution in [2.75, 3.05) is 19.6 Å². The van der Waals surface area contributed by atoms with Crippen LogP contribution in [0.25, 0.3) is 0 Å². The van der Waals surface area contributed by atoms with Crippen molar-refractivity contribution in [3.63, 3.8) is 0 Å². The third-order valence-electron chi connectivity index (χ3n) is 4.29. The van der Waals surface area contributed by atoms with Gasteiger partial charge < -0.3 is 5.32 Å². The average molecular weight is 240 g/mol. The van der Waals surface area contributed by atoms with Crippen LogP contribution in [0.5, 0.6) is 0 Å². The van der Waals surface area contributed by atoms with E-state index in [-0.39, 0.29) is 0 Å². The van der Waals surface area contributed by atoms with E-state index in [0.717, 1.165) is 6.54 Å². The molecular weight excluding hydrogens is 208 g/mol. The van der Waals surface area contributed by atoms with Crippen molar-refractivity contribution < 1.29 is 0 Å². The maximum Gasteiger partial charge on any atom is 0.0278 e. The first-order valence-electron chi connectivity index (χ1n) is 7.31. The molecule has 0 amide bonds. The molecule has 1 N–H and O–H groups in total. The molecule has 0 aliphatic carbocycles. The zero-order valence-corrected chi connectivity index (χ0v) is 12.8. The van der Waals surface area contributed by atoms with Gasteiger partial charge in [-0.15, -0.1) is 0 Å². The van der Waals surface area contributed by atoms with Crippen molar-refractivity contribution in [1.29, 1.82) is 0 Å². The van der Waals surface area contributed by atoms with Gasteiger partial charge in [0, 0.05) is 24.7 Å². The topological polar surface area (TPSA) is 15.3 Å². The molecule has 0 saturated carbocycles. The summed E-state index contributed by atoms with van der Waals surface area (Å²) in [5.41, 5.74) is 0.686. The molecule has 1 rings (SSSR count). The third-order valence-corrected chi connectivity index (χ3v) is 4.29. The lowest BCUT2D eigenvalue weighted by atomic mass is 9.81. The quantitative estimate of drug-likeness (QED) is 0.811. The van der Waals surface area contributed by atoms with Gasteiger partial charge in [-0.25, -0.2) is 0 Å². The minimum atomic E-state index is 0.315. The average Bonchev–Trinajstić information content (AvgIpc) is 2.25. The highest BCUT2D eigenvalue weighted by Gasteiger charge is 2.39. The van der Waals surface area contributed by atoms with Gasteiger partial charge in [-0.1, -0.05) is 41.0 Å². The molecule has 0 bridgehead atoms. The summed E-state index contributed by atoms with van der Waals surface area (Å²) in [6.07, 6.45) is 3.84. The Morgan fingerprint density at radius 2 is 1.94 bits per heavy atom. The number of hydrogen-bond acceptors (Lipinski definition) is 2. The van der Waals surface area contributed by atoms with E-state index in [1.54, 1.807) is 0 Å². The number of nitrogens with zero attached hydrogens (tertiary/aromatic N) is 1. The molecule has 0 aromatic carbocycles. The highest BCUT2D eigenvalue weighted by Crippen LogP contribution is 2.30. The molecule has 0 aromatic heterocycles. The molecule has 1 aliphatic heterocycles. The van der Waals surface area contributed by atoms with Crippen LogP contribution in [0.3, 0.4) is 0 Å². The fourth-order valence-corrected chi connectivity index (χ4v) is 2.77. The number of piperazine rings is 1. The van der Waals surface area contributed by atoms with Gasteiger partial charge in [-0.2, -0.15) is 0 Å². The van der Waals surface area contributed by atoms with Gasteiger partial charge in [0.1, 0.15) is 0 Å². The summed E-state index contributed by atoms with van der Waals surface area (Å²) in [6, 6.07) is 0.675. The normalized spacial score (nSPS) is 31.8. The van der Waals surface area contributed by atoms with Crippen molar-refractivity contribution in [3.8, 4) is 0 Å². The summed E-state index contributed by atoms with van der Waals surface area (Å²) in [4.78, 5) is 2.73. The maximum atomic E-state index is 3.77. The van der Waals surface area contributed by atoms with Crippen molar-refractivity contribution in [1.82, 2.24) is 10.2 Å². The van der Waals surface area contributed by atoms with Crippen LogP contribution in [0.1, 0.15) is 60.8 Å². The molecule has 1 heterocycles. The van der Waals surface area contributed by atoms with Crippen LogP contribution in [0.4, 0.5) is 0 Å². The van der Waals surface area contributed by atoms with E-state index in [9.17, 15) is 0 Å². The molecule has 2 unspecified atom stereocenters. The number of hydrogen-bond donors (Lipinski definition) is 1. The fraction of sp³-hybridized carbons (Fsp3) is 1.00. The van der Waals surface area contributed by atoms with Gasteiger partial charge in [0.25, 0.3) is 0 Å². The van der Waals surface area contributed by atoms with E-state index < -0.39 is 0 Å². The first-order valence-corrected chi connectivity index (χ1v) is 7.31. The Bertz CT molecular complexity index is 232. The van der Waals surface area contributed by atoms with Crippen LogP contribution in [0.15, 0.2) is 0 Å². The Morgan fingerprint density at radius 3 is 2.41 bits per heavy atom. The lowest BCUT2D eigenvalue weighted by Gasteiger charge is -2.50. The molecule has 2 atom stereocenters. The minimum Gasteiger partial charge on any atom is -0.309 e. The van der Waals surface area contributed by atoms with Gasteiger partial charge in [-0.3, -0.25) is 4.90 Å². The van der Waals surface area contributed by atoms with Crippen molar-refractivity contribution in [2.24, 2.45) is 5.41 Å². The van der Waals surface area contributed by atoms with Crippen LogP contribution >= 0.6 is 0 Å². The standard InChI is InChI=1S/C15H32N2/c1-7-9-10-17-12-15(6,8-2)16-11-13(17)14(3,4)5/h13,16H,7-12H2,1-6H3. The molecule has 0 radical (unpaired) electrons. The predicted octanol–water partition coefficient (Wildman–Crippen LogP) is 3.28. The van der Waals surface area contributed by atoms with E-state index in [2.05, 4.69) is 51.8 Å². The molecule has 2 heteroatoms. The summed E-state index contributed by atoms with van der Waals surface area (Å²) >= 11 is 0. The molecule has 2 nitrogen and oxygen atoms in total.